The molecule has 0 aromatic heterocycles. The number of urea groups is 1. The number of fused-ring (bicyclic) bond motifs is 1. The third kappa shape index (κ3) is 3.98. The van der Waals surface area contributed by atoms with Crippen LogP contribution in [0.15, 0.2) is 66.7 Å². The normalized spacial score (nSPS) is 20.5. The number of carbonyl (C=O) groups excluding carboxylic acids is 3. The zero-order valence-electron chi connectivity index (χ0n) is 19.2. The first-order valence-electron chi connectivity index (χ1n) is 11.7. The molecular weight excluding hydrogens is 428 g/mol. The maximum Gasteiger partial charge on any atom is 0.325 e. The van der Waals surface area contributed by atoms with Crippen molar-refractivity contribution in [3.8, 4) is 0 Å². The van der Waals surface area contributed by atoms with Crippen LogP contribution < -0.4 is 15.5 Å². The molecule has 34 heavy (non-hydrogen) atoms. The summed E-state index contributed by atoms with van der Waals surface area (Å²) in [5, 5.41) is 7.74. The van der Waals surface area contributed by atoms with E-state index in [1.165, 1.54) is 6.42 Å². The molecule has 2 aliphatic rings. The molecule has 3 aromatic carbocycles. The first-order chi connectivity index (χ1) is 16.5. The van der Waals surface area contributed by atoms with Crippen molar-refractivity contribution in [3.63, 3.8) is 0 Å². The number of imide groups is 1. The molecular formula is C27H28N4O3. The first-order valence-corrected chi connectivity index (χ1v) is 11.7. The molecule has 4 amide bonds. The largest absolute Gasteiger partial charge is 0.370 e. The third-order valence-corrected chi connectivity index (χ3v) is 6.78. The number of nitrogens with zero attached hydrogens (tertiary/aromatic N) is 2. The summed E-state index contributed by atoms with van der Waals surface area (Å²) in [4.78, 5) is 42.3. The summed E-state index contributed by atoms with van der Waals surface area (Å²) in [5.74, 6) is -0.844. The molecule has 1 unspecified atom stereocenters. The van der Waals surface area contributed by atoms with Crippen molar-refractivity contribution >= 4 is 40.0 Å². The molecule has 7 nitrogen and oxygen atoms in total. The number of hydrogen-bond donors (Lipinski definition) is 2. The SMILES string of the molecule is CC1(c2ccc3ccccc3c2)NC(=O)N(CC(=O)Nc2ccccc2N2CCCCC2)C1=O. The molecule has 0 saturated carbocycles. The molecule has 2 saturated heterocycles. The molecule has 2 aliphatic heterocycles. The predicted molar refractivity (Wildman–Crippen MR) is 133 cm³/mol. The summed E-state index contributed by atoms with van der Waals surface area (Å²) >= 11 is 0. The average molecular weight is 457 g/mol. The van der Waals surface area contributed by atoms with Crippen molar-refractivity contribution in [3.05, 3.63) is 72.3 Å². The molecule has 2 fully saturated rings. The lowest BCUT2D eigenvalue weighted by atomic mass is 9.90. The summed E-state index contributed by atoms with van der Waals surface area (Å²) in [5.41, 5.74) is 1.11. The number of hydrogen-bond acceptors (Lipinski definition) is 4. The van der Waals surface area contributed by atoms with E-state index in [9.17, 15) is 14.4 Å². The molecule has 3 aromatic rings. The quantitative estimate of drug-likeness (QED) is 0.563. The standard InChI is InChI=1S/C27H28N4O3/c1-27(21-14-13-19-9-3-4-10-20(19)17-21)25(33)31(26(34)29-27)18-24(32)28-22-11-5-6-12-23(22)30-15-7-2-8-16-30/h3-6,9-14,17H,2,7-8,15-16,18H2,1H3,(H,28,32)(H,29,34). The Bertz CT molecular complexity index is 1270. The Labute approximate surface area is 198 Å². The molecule has 0 aliphatic carbocycles. The number of para-hydroxylation sites is 2. The van der Waals surface area contributed by atoms with Gasteiger partial charge in [-0.2, -0.15) is 0 Å². The second-order valence-corrected chi connectivity index (χ2v) is 9.12. The lowest BCUT2D eigenvalue weighted by molar-refractivity contribution is -0.133. The van der Waals surface area contributed by atoms with Gasteiger partial charge in [-0.05, 0) is 60.7 Å². The minimum atomic E-state index is -1.23. The lowest BCUT2D eigenvalue weighted by Crippen LogP contribution is -2.42. The summed E-state index contributed by atoms with van der Waals surface area (Å²) in [7, 11) is 0. The van der Waals surface area contributed by atoms with Gasteiger partial charge in [0.15, 0.2) is 0 Å². The van der Waals surface area contributed by atoms with Crippen LogP contribution >= 0.6 is 0 Å². The molecule has 0 bridgehead atoms. The highest BCUT2D eigenvalue weighted by atomic mass is 16.2. The third-order valence-electron chi connectivity index (χ3n) is 6.78. The van der Waals surface area contributed by atoms with Crippen LogP contribution in [-0.4, -0.2) is 42.4 Å². The molecule has 2 N–H and O–H groups in total. The van der Waals surface area contributed by atoms with Crippen LogP contribution in [-0.2, 0) is 15.1 Å². The number of amides is 4. The number of anilines is 2. The van der Waals surface area contributed by atoms with E-state index < -0.39 is 23.4 Å². The fourth-order valence-electron chi connectivity index (χ4n) is 4.86. The van der Waals surface area contributed by atoms with Crippen molar-refractivity contribution in [1.82, 2.24) is 10.2 Å². The van der Waals surface area contributed by atoms with Crippen LogP contribution in [0, 0.1) is 0 Å². The topological polar surface area (TPSA) is 81.8 Å². The van der Waals surface area contributed by atoms with Crippen LogP contribution in [0.4, 0.5) is 16.2 Å². The number of piperidine rings is 1. The van der Waals surface area contributed by atoms with Crippen LogP contribution in [0.25, 0.3) is 10.8 Å². The Morgan fingerprint density at radius 2 is 1.65 bits per heavy atom. The highest BCUT2D eigenvalue weighted by Crippen LogP contribution is 2.32. The summed E-state index contributed by atoms with van der Waals surface area (Å²) < 4.78 is 0. The van der Waals surface area contributed by atoms with Crippen LogP contribution in [0.5, 0.6) is 0 Å². The fraction of sp³-hybridized carbons (Fsp3) is 0.296. The fourth-order valence-corrected chi connectivity index (χ4v) is 4.86. The van der Waals surface area contributed by atoms with Crippen LogP contribution in [0.1, 0.15) is 31.7 Å². The molecule has 174 valence electrons. The Balaban J connectivity index is 1.33. The number of benzene rings is 3. The monoisotopic (exact) mass is 456 g/mol. The Morgan fingerprint density at radius 3 is 2.44 bits per heavy atom. The van der Waals surface area contributed by atoms with Gasteiger partial charge in [0.25, 0.3) is 5.91 Å². The van der Waals surface area contributed by atoms with E-state index in [1.807, 2.05) is 66.7 Å². The molecule has 5 rings (SSSR count). The zero-order valence-corrected chi connectivity index (χ0v) is 19.2. The predicted octanol–water partition coefficient (Wildman–Crippen LogP) is 4.24. The molecule has 2 heterocycles. The van der Waals surface area contributed by atoms with E-state index in [0.29, 0.717) is 11.3 Å². The molecule has 1 atom stereocenters. The highest BCUT2D eigenvalue weighted by Gasteiger charge is 2.49. The molecule has 0 radical (unpaired) electrons. The van der Waals surface area contributed by atoms with Gasteiger partial charge >= 0.3 is 6.03 Å². The van der Waals surface area contributed by atoms with Gasteiger partial charge in [-0.3, -0.25) is 14.5 Å². The smallest absolute Gasteiger partial charge is 0.325 e. The minimum Gasteiger partial charge on any atom is -0.370 e. The maximum atomic E-state index is 13.3. The minimum absolute atomic E-state index is 0.345. The van der Waals surface area contributed by atoms with E-state index in [-0.39, 0.29) is 6.54 Å². The van der Waals surface area contributed by atoms with Crippen molar-refractivity contribution in [2.75, 3.05) is 29.9 Å². The molecule has 0 spiro atoms. The van der Waals surface area contributed by atoms with E-state index in [4.69, 9.17) is 0 Å². The van der Waals surface area contributed by atoms with E-state index in [0.717, 1.165) is 47.3 Å². The van der Waals surface area contributed by atoms with Crippen molar-refractivity contribution < 1.29 is 14.4 Å². The van der Waals surface area contributed by atoms with Gasteiger partial charge < -0.3 is 15.5 Å². The summed E-state index contributed by atoms with van der Waals surface area (Å²) in [6, 6.07) is 20.6. The first kappa shape index (κ1) is 21.9. The van der Waals surface area contributed by atoms with Crippen molar-refractivity contribution in [2.45, 2.75) is 31.7 Å². The van der Waals surface area contributed by atoms with E-state index in [1.54, 1.807) is 6.92 Å². The summed E-state index contributed by atoms with van der Waals surface area (Å²) in [6.07, 6.45) is 3.46. The van der Waals surface area contributed by atoms with Crippen LogP contribution in [0.3, 0.4) is 0 Å². The maximum absolute atomic E-state index is 13.3. The van der Waals surface area contributed by atoms with Gasteiger partial charge in [-0.15, -0.1) is 0 Å². The Kier molecular flexibility index (Phi) is 5.69. The van der Waals surface area contributed by atoms with Gasteiger partial charge in [0.2, 0.25) is 5.91 Å². The second-order valence-electron chi connectivity index (χ2n) is 9.12. The number of nitrogens with one attached hydrogen (secondary N) is 2. The van der Waals surface area contributed by atoms with E-state index >= 15 is 0 Å². The van der Waals surface area contributed by atoms with E-state index in [2.05, 4.69) is 15.5 Å². The van der Waals surface area contributed by atoms with Crippen molar-refractivity contribution in [2.24, 2.45) is 0 Å². The number of carbonyl (C=O) groups is 3. The van der Waals surface area contributed by atoms with Crippen molar-refractivity contribution in [1.29, 1.82) is 0 Å². The van der Waals surface area contributed by atoms with Gasteiger partial charge in [-0.25, -0.2) is 4.79 Å². The zero-order chi connectivity index (χ0) is 23.7. The van der Waals surface area contributed by atoms with Crippen LogP contribution in [0.2, 0.25) is 0 Å². The second kappa shape index (κ2) is 8.82. The van der Waals surface area contributed by atoms with Gasteiger partial charge in [-0.1, -0.05) is 48.5 Å². The average Bonchev–Trinajstić information content (AvgIpc) is 3.08. The summed E-state index contributed by atoms with van der Waals surface area (Å²) in [6.45, 7) is 3.23. The Morgan fingerprint density at radius 1 is 0.941 bits per heavy atom. The molecule has 7 heteroatoms. The van der Waals surface area contributed by atoms with Gasteiger partial charge in [0.05, 0.1) is 11.4 Å². The lowest BCUT2D eigenvalue weighted by Gasteiger charge is -2.30. The van der Waals surface area contributed by atoms with Gasteiger partial charge in [0, 0.05) is 13.1 Å². The van der Waals surface area contributed by atoms with Gasteiger partial charge in [0.1, 0.15) is 12.1 Å². The number of rotatable bonds is 5. The Hall–Kier alpha value is -3.87. The highest BCUT2D eigenvalue weighted by molar-refractivity contribution is 6.10.